The molecular weight excluding hydrogens is 300 g/mol. The third-order valence-corrected chi connectivity index (χ3v) is 5.00. The molecule has 0 unspecified atom stereocenters. The molecule has 118 valence electrons. The number of sulfone groups is 1. The van der Waals surface area contributed by atoms with E-state index in [-0.39, 0.29) is 10.6 Å². The highest BCUT2D eigenvalue weighted by atomic mass is 32.2. The minimum absolute atomic E-state index is 0.134. The summed E-state index contributed by atoms with van der Waals surface area (Å²) in [6, 6.07) is 14.7. The van der Waals surface area contributed by atoms with Gasteiger partial charge in [0.05, 0.1) is 22.9 Å². The van der Waals surface area contributed by atoms with Crippen molar-refractivity contribution in [2.75, 3.05) is 30.0 Å². The maximum atomic E-state index is 12.2. The van der Waals surface area contributed by atoms with Crippen LogP contribution in [0, 0.1) is 0 Å². The second-order valence-corrected chi connectivity index (χ2v) is 7.04. The van der Waals surface area contributed by atoms with E-state index in [0.717, 1.165) is 6.42 Å². The summed E-state index contributed by atoms with van der Waals surface area (Å²) < 4.78 is 24.4. The molecule has 2 aromatic rings. The molecule has 22 heavy (non-hydrogen) atoms. The van der Waals surface area contributed by atoms with Gasteiger partial charge in [-0.25, -0.2) is 8.42 Å². The zero-order valence-electron chi connectivity index (χ0n) is 12.2. The van der Waals surface area contributed by atoms with Gasteiger partial charge in [-0.1, -0.05) is 30.3 Å². The van der Waals surface area contributed by atoms with Crippen molar-refractivity contribution < 1.29 is 13.5 Å². The van der Waals surface area contributed by atoms with Crippen LogP contribution in [0.1, 0.15) is 5.56 Å². The highest BCUT2D eigenvalue weighted by molar-refractivity contribution is 7.91. The molecule has 0 saturated heterocycles. The smallest absolute Gasteiger partial charge is 0.182 e. The lowest BCUT2D eigenvalue weighted by Gasteiger charge is -2.13. The first-order valence-electron chi connectivity index (χ1n) is 7.04. The molecule has 0 aromatic heterocycles. The molecule has 0 aliphatic carbocycles. The Morgan fingerprint density at radius 3 is 2.50 bits per heavy atom. The average Bonchev–Trinajstić information content (AvgIpc) is 2.49. The lowest BCUT2D eigenvalue weighted by molar-refractivity contribution is 0.319. The molecule has 0 heterocycles. The molecule has 0 amide bonds. The summed E-state index contributed by atoms with van der Waals surface area (Å²) >= 11 is 0. The third kappa shape index (κ3) is 4.22. The first kappa shape index (κ1) is 16.3. The van der Waals surface area contributed by atoms with E-state index >= 15 is 0 Å². The first-order chi connectivity index (χ1) is 10.5. The fourth-order valence-electron chi connectivity index (χ4n) is 2.16. The molecule has 0 aliphatic rings. The predicted molar refractivity (Wildman–Crippen MR) is 88.6 cm³/mol. The van der Waals surface area contributed by atoms with Crippen LogP contribution in [0.3, 0.4) is 0 Å². The summed E-state index contributed by atoms with van der Waals surface area (Å²) in [7, 11) is -3.55. The van der Waals surface area contributed by atoms with Crippen LogP contribution in [0.2, 0.25) is 0 Å². The standard InChI is InChI=1S/C16H20N2O3S/c17-14-6-7-15(16(12-14)22(20,21)11-10-19)18-9-8-13-4-2-1-3-5-13/h1-7,12,18-19H,8-11,17H2. The molecule has 5 nitrogen and oxygen atoms in total. The van der Waals surface area contributed by atoms with Crippen LogP contribution in [0.25, 0.3) is 0 Å². The number of rotatable bonds is 7. The Morgan fingerprint density at radius 2 is 1.82 bits per heavy atom. The monoisotopic (exact) mass is 320 g/mol. The van der Waals surface area contributed by atoms with Gasteiger partial charge in [-0.15, -0.1) is 0 Å². The van der Waals surface area contributed by atoms with Gasteiger partial charge in [0.2, 0.25) is 0 Å². The van der Waals surface area contributed by atoms with Gasteiger partial charge in [0, 0.05) is 12.2 Å². The van der Waals surface area contributed by atoms with E-state index in [1.54, 1.807) is 12.1 Å². The van der Waals surface area contributed by atoms with Gasteiger partial charge in [0.25, 0.3) is 0 Å². The molecule has 2 rings (SSSR count). The summed E-state index contributed by atoms with van der Waals surface area (Å²) in [5, 5.41) is 12.1. The second-order valence-electron chi connectivity index (χ2n) is 4.96. The number of anilines is 2. The topological polar surface area (TPSA) is 92.4 Å². The van der Waals surface area contributed by atoms with Gasteiger partial charge in [0.15, 0.2) is 9.84 Å². The van der Waals surface area contributed by atoms with Crippen LogP contribution in [0.4, 0.5) is 11.4 Å². The largest absolute Gasteiger partial charge is 0.399 e. The summed E-state index contributed by atoms with van der Waals surface area (Å²) in [6.07, 6.45) is 0.782. The number of hydrogen-bond acceptors (Lipinski definition) is 5. The summed E-state index contributed by atoms with van der Waals surface area (Å²) in [5.41, 5.74) is 7.75. The number of benzene rings is 2. The molecule has 0 spiro atoms. The normalized spacial score (nSPS) is 11.3. The van der Waals surface area contributed by atoms with Gasteiger partial charge in [-0.3, -0.25) is 0 Å². The van der Waals surface area contributed by atoms with Crippen LogP contribution in [-0.2, 0) is 16.3 Å². The molecule has 0 bridgehead atoms. The highest BCUT2D eigenvalue weighted by Gasteiger charge is 2.18. The van der Waals surface area contributed by atoms with Crippen LogP contribution in [0.15, 0.2) is 53.4 Å². The van der Waals surface area contributed by atoms with Crippen molar-refractivity contribution in [3.05, 3.63) is 54.1 Å². The van der Waals surface area contributed by atoms with Crippen molar-refractivity contribution in [2.24, 2.45) is 0 Å². The van der Waals surface area contributed by atoms with Crippen LogP contribution < -0.4 is 11.1 Å². The van der Waals surface area contributed by atoms with Crippen molar-refractivity contribution in [3.8, 4) is 0 Å². The van der Waals surface area contributed by atoms with Crippen molar-refractivity contribution in [1.29, 1.82) is 0 Å². The lowest BCUT2D eigenvalue weighted by atomic mass is 10.1. The summed E-state index contributed by atoms with van der Waals surface area (Å²) in [4.78, 5) is 0.134. The number of nitrogens with two attached hydrogens (primary N) is 1. The van der Waals surface area contributed by atoms with Crippen LogP contribution in [0.5, 0.6) is 0 Å². The average molecular weight is 320 g/mol. The van der Waals surface area contributed by atoms with E-state index in [9.17, 15) is 8.42 Å². The number of nitrogens with one attached hydrogen (secondary N) is 1. The Bertz CT molecular complexity index is 715. The van der Waals surface area contributed by atoms with Gasteiger partial charge < -0.3 is 16.2 Å². The fraction of sp³-hybridized carbons (Fsp3) is 0.250. The molecular formula is C16H20N2O3S. The zero-order valence-corrected chi connectivity index (χ0v) is 13.0. The Kier molecular flexibility index (Phi) is 5.41. The van der Waals surface area contributed by atoms with Gasteiger partial charge in [-0.2, -0.15) is 0 Å². The minimum Gasteiger partial charge on any atom is -0.399 e. The van der Waals surface area contributed by atoms with Crippen LogP contribution >= 0.6 is 0 Å². The van der Waals surface area contributed by atoms with Crippen molar-refractivity contribution >= 4 is 21.2 Å². The Balaban J connectivity index is 2.14. The minimum atomic E-state index is -3.55. The van der Waals surface area contributed by atoms with Crippen molar-refractivity contribution in [3.63, 3.8) is 0 Å². The predicted octanol–water partition coefficient (Wildman–Crippen LogP) is 1.69. The van der Waals surface area contributed by atoms with Crippen molar-refractivity contribution in [2.45, 2.75) is 11.3 Å². The maximum Gasteiger partial charge on any atom is 0.182 e. The van der Waals surface area contributed by atoms with E-state index in [4.69, 9.17) is 10.8 Å². The van der Waals surface area contributed by atoms with Gasteiger partial charge in [0.1, 0.15) is 0 Å². The number of aliphatic hydroxyl groups excluding tert-OH is 1. The molecule has 4 N–H and O–H groups in total. The number of nitrogen functional groups attached to an aromatic ring is 1. The van der Waals surface area contributed by atoms with Gasteiger partial charge >= 0.3 is 0 Å². The Hall–Kier alpha value is -2.05. The lowest BCUT2D eigenvalue weighted by Crippen LogP contribution is -2.14. The number of aliphatic hydroxyl groups is 1. The molecule has 6 heteroatoms. The van der Waals surface area contributed by atoms with E-state index in [0.29, 0.717) is 17.9 Å². The Labute approximate surface area is 130 Å². The van der Waals surface area contributed by atoms with E-state index in [2.05, 4.69) is 5.32 Å². The Morgan fingerprint density at radius 1 is 1.09 bits per heavy atom. The molecule has 0 fully saturated rings. The number of hydrogen-bond donors (Lipinski definition) is 3. The fourth-order valence-corrected chi connectivity index (χ4v) is 3.41. The summed E-state index contributed by atoms with van der Waals surface area (Å²) in [5.74, 6) is -0.316. The zero-order chi connectivity index (χ0) is 16.0. The van der Waals surface area contributed by atoms with Crippen LogP contribution in [-0.4, -0.2) is 32.4 Å². The molecule has 0 atom stereocenters. The molecule has 0 radical (unpaired) electrons. The molecule has 2 aromatic carbocycles. The summed E-state index contributed by atoms with van der Waals surface area (Å²) in [6.45, 7) is 0.191. The van der Waals surface area contributed by atoms with Gasteiger partial charge in [-0.05, 0) is 30.2 Å². The van der Waals surface area contributed by atoms with E-state index in [1.807, 2.05) is 30.3 Å². The highest BCUT2D eigenvalue weighted by Crippen LogP contribution is 2.25. The van der Waals surface area contributed by atoms with Crippen molar-refractivity contribution in [1.82, 2.24) is 0 Å². The first-order valence-corrected chi connectivity index (χ1v) is 8.69. The van der Waals surface area contributed by atoms with E-state index < -0.39 is 16.4 Å². The second kappa shape index (κ2) is 7.29. The quantitative estimate of drug-likeness (QED) is 0.675. The maximum absolute atomic E-state index is 12.2. The molecule has 0 aliphatic heterocycles. The SMILES string of the molecule is Nc1ccc(NCCc2ccccc2)c(S(=O)(=O)CCO)c1. The van der Waals surface area contributed by atoms with E-state index in [1.165, 1.54) is 11.6 Å². The third-order valence-electron chi connectivity index (χ3n) is 3.27. The molecule has 0 saturated carbocycles.